The number of aryl methyl sites for hydroxylation is 1. The van der Waals surface area contributed by atoms with Crippen LogP contribution in [0.5, 0.6) is 5.75 Å². The van der Waals surface area contributed by atoms with Gasteiger partial charge in [-0.1, -0.05) is 31.2 Å². The van der Waals surface area contributed by atoms with Crippen LogP contribution in [-0.2, 0) is 16.0 Å². The molecule has 0 aliphatic carbocycles. The lowest BCUT2D eigenvalue weighted by Gasteiger charge is -2.12. The summed E-state index contributed by atoms with van der Waals surface area (Å²) in [5.41, 5.74) is 2.75. The molecular formula is C21H24N2O4. The molecule has 2 rings (SSSR count). The van der Waals surface area contributed by atoms with Crippen molar-refractivity contribution < 1.29 is 19.1 Å². The Morgan fingerprint density at radius 1 is 0.963 bits per heavy atom. The molecule has 0 unspecified atom stereocenters. The summed E-state index contributed by atoms with van der Waals surface area (Å²) in [5, 5.41) is 5.38. The van der Waals surface area contributed by atoms with E-state index in [0.717, 1.165) is 12.0 Å². The Balaban J connectivity index is 1.98. The number of carbonyl (C=O) groups is 3. The summed E-state index contributed by atoms with van der Waals surface area (Å²) in [6.45, 7) is 3.46. The number of amides is 2. The lowest BCUT2D eigenvalue weighted by molar-refractivity contribution is -0.116. The highest BCUT2D eigenvalue weighted by Crippen LogP contribution is 2.28. The van der Waals surface area contributed by atoms with Crippen molar-refractivity contribution >= 4 is 29.0 Å². The summed E-state index contributed by atoms with van der Waals surface area (Å²) < 4.78 is 5.23. The van der Waals surface area contributed by atoms with Gasteiger partial charge in [0.15, 0.2) is 5.78 Å². The number of ketones is 1. The first-order valence-corrected chi connectivity index (χ1v) is 8.80. The Labute approximate surface area is 158 Å². The molecule has 0 heterocycles. The number of nitrogens with one attached hydrogen (secondary N) is 2. The van der Waals surface area contributed by atoms with Crippen molar-refractivity contribution in [1.29, 1.82) is 0 Å². The topological polar surface area (TPSA) is 84.5 Å². The molecule has 6 heteroatoms. The third-order valence-electron chi connectivity index (χ3n) is 4.06. The Kier molecular flexibility index (Phi) is 7.11. The van der Waals surface area contributed by atoms with Crippen molar-refractivity contribution in [3.63, 3.8) is 0 Å². The summed E-state index contributed by atoms with van der Waals surface area (Å²) in [4.78, 5) is 35.7. The molecule has 2 N–H and O–H groups in total. The van der Waals surface area contributed by atoms with E-state index in [0.29, 0.717) is 22.7 Å². The molecule has 0 aliphatic rings. The van der Waals surface area contributed by atoms with Crippen LogP contribution in [0.25, 0.3) is 0 Å². The lowest BCUT2D eigenvalue weighted by Crippen LogP contribution is -2.15. The summed E-state index contributed by atoms with van der Waals surface area (Å²) in [7, 11) is 1.49. The van der Waals surface area contributed by atoms with Gasteiger partial charge in [-0.05, 0) is 30.2 Å². The Morgan fingerprint density at radius 2 is 1.67 bits per heavy atom. The van der Waals surface area contributed by atoms with Crippen molar-refractivity contribution in [2.75, 3.05) is 17.7 Å². The van der Waals surface area contributed by atoms with Crippen molar-refractivity contribution in [3.05, 3.63) is 53.6 Å². The van der Waals surface area contributed by atoms with Gasteiger partial charge < -0.3 is 15.4 Å². The summed E-state index contributed by atoms with van der Waals surface area (Å²) in [6.07, 6.45) is 1.09. The second kappa shape index (κ2) is 9.52. The van der Waals surface area contributed by atoms with Gasteiger partial charge in [-0.15, -0.1) is 0 Å². The van der Waals surface area contributed by atoms with E-state index < -0.39 is 0 Å². The number of methoxy groups -OCH3 is 1. The maximum Gasteiger partial charge on any atom is 0.224 e. The second-order valence-corrected chi connectivity index (χ2v) is 6.12. The second-order valence-electron chi connectivity index (χ2n) is 6.12. The highest BCUT2D eigenvalue weighted by atomic mass is 16.5. The van der Waals surface area contributed by atoms with Gasteiger partial charge in [-0.25, -0.2) is 0 Å². The fourth-order valence-electron chi connectivity index (χ4n) is 2.60. The van der Waals surface area contributed by atoms with E-state index in [2.05, 4.69) is 17.6 Å². The number of benzene rings is 2. The molecule has 2 aromatic carbocycles. The van der Waals surface area contributed by atoms with Crippen LogP contribution in [0.4, 0.5) is 11.4 Å². The zero-order valence-corrected chi connectivity index (χ0v) is 15.8. The SMILES string of the molecule is CCc1ccc(C(=O)CCC(=O)Nc2cc(NC(C)=O)ccc2OC)cc1. The fourth-order valence-corrected chi connectivity index (χ4v) is 2.60. The van der Waals surface area contributed by atoms with Gasteiger partial charge >= 0.3 is 0 Å². The van der Waals surface area contributed by atoms with Crippen LogP contribution in [0.2, 0.25) is 0 Å². The number of hydrogen-bond acceptors (Lipinski definition) is 4. The molecule has 142 valence electrons. The molecule has 0 fully saturated rings. The molecule has 0 bridgehead atoms. The van der Waals surface area contributed by atoms with E-state index in [1.165, 1.54) is 14.0 Å². The smallest absolute Gasteiger partial charge is 0.224 e. The van der Waals surface area contributed by atoms with Crippen LogP contribution in [0.15, 0.2) is 42.5 Å². The molecule has 0 radical (unpaired) electrons. The van der Waals surface area contributed by atoms with Crippen LogP contribution in [0.3, 0.4) is 0 Å². The van der Waals surface area contributed by atoms with E-state index in [1.54, 1.807) is 30.3 Å². The number of rotatable bonds is 8. The Hall–Kier alpha value is -3.15. The largest absolute Gasteiger partial charge is 0.495 e. The molecule has 0 spiro atoms. The van der Waals surface area contributed by atoms with Gasteiger partial charge in [0, 0.05) is 31.0 Å². The van der Waals surface area contributed by atoms with Crippen LogP contribution in [0, 0.1) is 0 Å². The molecule has 0 atom stereocenters. The monoisotopic (exact) mass is 368 g/mol. The van der Waals surface area contributed by atoms with Crippen molar-refractivity contribution in [2.45, 2.75) is 33.1 Å². The van der Waals surface area contributed by atoms with Gasteiger partial charge in [-0.2, -0.15) is 0 Å². The highest BCUT2D eigenvalue weighted by Gasteiger charge is 2.12. The van der Waals surface area contributed by atoms with Crippen molar-refractivity contribution in [1.82, 2.24) is 0 Å². The van der Waals surface area contributed by atoms with Gasteiger partial charge in [0.25, 0.3) is 0 Å². The zero-order chi connectivity index (χ0) is 19.8. The van der Waals surface area contributed by atoms with Crippen LogP contribution < -0.4 is 15.4 Å². The molecule has 0 aromatic heterocycles. The van der Waals surface area contributed by atoms with E-state index in [-0.39, 0.29) is 30.4 Å². The Morgan fingerprint density at radius 3 is 2.26 bits per heavy atom. The molecule has 27 heavy (non-hydrogen) atoms. The number of carbonyl (C=O) groups excluding carboxylic acids is 3. The minimum Gasteiger partial charge on any atom is -0.495 e. The zero-order valence-electron chi connectivity index (χ0n) is 15.8. The van der Waals surface area contributed by atoms with Gasteiger partial charge in [0.1, 0.15) is 5.75 Å². The van der Waals surface area contributed by atoms with E-state index in [1.807, 2.05) is 12.1 Å². The maximum atomic E-state index is 12.2. The lowest BCUT2D eigenvalue weighted by atomic mass is 10.0. The first-order valence-electron chi connectivity index (χ1n) is 8.80. The average molecular weight is 368 g/mol. The van der Waals surface area contributed by atoms with Crippen LogP contribution in [-0.4, -0.2) is 24.7 Å². The number of anilines is 2. The molecule has 6 nitrogen and oxygen atoms in total. The quantitative estimate of drug-likeness (QED) is 0.694. The van der Waals surface area contributed by atoms with Crippen molar-refractivity contribution in [2.24, 2.45) is 0 Å². The predicted molar refractivity (Wildman–Crippen MR) is 105 cm³/mol. The minimum atomic E-state index is -0.299. The first kappa shape index (κ1) is 20.2. The molecule has 0 saturated carbocycles. The minimum absolute atomic E-state index is 0.0574. The molecule has 2 amide bonds. The molecule has 2 aromatic rings. The van der Waals surface area contributed by atoms with E-state index in [4.69, 9.17) is 4.74 Å². The molecular weight excluding hydrogens is 344 g/mol. The fraction of sp³-hybridized carbons (Fsp3) is 0.286. The number of ether oxygens (including phenoxy) is 1. The maximum absolute atomic E-state index is 12.2. The molecule has 0 saturated heterocycles. The first-order chi connectivity index (χ1) is 12.9. The predicted octanol–water partition coefficient (Wildman–Crippen LogP) is 3.82. The van der Waals surface area contributed by atoms with Crippen LogP contribution in [0.1, 0.15) is 42.6 Å². The van der Waals surface area contributed by atoms with Gasteiger partial charge in [-0.3, -0.25) is 14.4 Å². The third kappa shape index (κ3) is 5.95. The Bertz CT molecular complexity index is 829. The van der Waals surface area contributed by atoms with Gasteiger partial charge in [0.2, 0.25) is 11.8 Å². The average Bonchev–Trinajstić information content (AvgIpc) is 2.66. The number of hydrogen-bond donors (Lipinski definition) is 2. The summed E-state index contributed by atoms with van der Waals surface area (Å²) in [5.74, 6) is -0.116. The van der Waals surface area contributed by atoms with E-state index >= 15 is 0 Å². The van der Waals surface area contributed by atoms with E-state index in [9.17, 15) is 14.4 Å². The van der Waals surface area contributed by atoms with Crippen LogP contribution >= 0.6 is 0 Å². The summed E-state index contributed by atoms with van der Waals surface area (Å²) in [6, 6.07) is 12.4. The van der Waals surface area contributed by atoms with Gasteiger partial charge in [0.05, 0.1) is 12.8 Å². The van der Waals surface area contributed by atoms with Crippen molar-refractivity contribution in [3.8, 4) is 5.75 Å². The normalized spacial score (nSPS) is 10.2. The highest BCUT2D eigenvalue weighted by molar-refractivity contribution is 6.00. The number of Topliss-reactive ketones (excluding diaryl/α,β-unsaturated/α-hetero) is 1. The molecule has 0 aliphatic heterocycles. The standard InChI is InChI=1S/C21H24N2O4/c1-4-15-5-7-16(8-6-15)19(25)10-12-21(26)23-18-13-17(22-14(2)24)9-11-20(18)27-3/h5-9,11,13H,4,10,12H2,1-3H3,(H,22,24)(H,23,26). The third-order valence-corrected chi connectivity index (χ3v) is 4.06. The summed E-state index contributed by atoms with van der Waals surface area (Å²) >= 11 is 0.